The lowest BCUT2D eigenvalue weighted by atomic mass is 10.2. The number of amides is 1. The van der Waals surface area contributed by atoms with Crippen LogP contribution in [0.1, 0.15) is 5.56 Å². The van der Waals surface area contributed by atoms with Crippen molar-refractivity contribution in [1.29, 1.82) is 0 Å². The van der Waals surface area contributed by atoms with Crippen molar-refractivity contribution in [3.63, 3.8) is 0 Å². The molecule has 9 heteroatoms. The predicted molar refractivity (Wildman–Crippen MR) is 125 cm³/mol. The molecule has 3 aromatic carbocycles. The molecule has 0 radical (unpaired) electrons. The van der Waals surface area contributed by atoms with Gasteiger partial charge in [0.25, 0.3) is 0 Å². The zero-order chi connectivity index (χ0) is 22.4. The van der Waals surface area contributed by atoms with E-state index in [0.717, 1.165) is 14.3 Å². The van der Waals surface area contributed by atoms with Gasteiger partial charge in [0.05, 0.1) is 23.6 Å². The maximum Gasteiger partial charge on any atom is 0.243 e. The second-order valence-corrected chi connectivity index (χ2v) is 9.87. The molecule has 0 atom stereocenters. The number of anilines is 1. The summed E-state index contributed by atoms with van der Waals surface area (Å²) in [7, 11) is -2.41. The normalized spacial score (nSPS) is 11.4. The van der Waals surface area contributed by atoms with E-state index in [1.165, 1.54) is 19.2 Å². The molecule has 1 N–H and O–H groups in total. The molecule has 0 heterocycles. The standard InChI is InChI=1S/C22H20BrClN2O4S/c1-30-21-12-11-18(13-20(21)24)25-22(27)15-26(14-16-7-9-17(23)10-8-16)31(28,29)19-5-3-2-4-6-19/h2-13H,14-15H2,1H3,(H,25,27). The molecule has 0 aliphatic carbocycles. The van der Waals surface area contributed by atoms with Crippen LogP contribution < -0.4 is 10.1 Å². The molecule has 1 amide bonds. The van der Waals surface area contributed by atoms with E-state index in [-0.39, 0.29) is 18.0 Å². The average Bonchev–Trinajstić information content (AvgIpc) is 2.75. The molecule has 0 aliphatic rings. The largest absolute Gasteiger partial charge is 0.495 e. The number of ether oxygens (including phenoxy) is 1. The highest BCUT2D eigenvalue weighted by Crippen LogP contribution is 2.27. The monoisotopic (exact) mass is 522 g/mol. The van der Waals surface area contributed by atoms with Gasteiger partial charge in [-0.2, -0.15) is 4.31 Å². The van der Waals surface area contributed by atoms with E-state index in [1.54, 1.807) is 48.5 Å². The SMILES string of the molecule is COc1ccc(NC(=O)CN(Cc2ccc(Br)cc2)S(=O)(=O)c2ccccc2)cc1Cl. The van der Waals surface area contributed by atoms with Crippen LogP contribution in [0.3, 0.4) is 0 Å². The molecule has 3 rings (SSSR count). The third-order valence-corrected chi connectivity index (χ3v) is 7.04. The maximum absolute atomic E-state index is 13.2. The third kappa shape index (κ3) is 6.07. The highest BCUT2D eigenvalue weighted by molar-refractivity contribution is 9.10. The molecule has 0 aliphatic heterocycles. The van der Waals surface area contributed by atoms with Gasteiger partial charge in [-0.3, -0.25) is 4.79 Å². The van der Waals surface area contributed by atoms with E-state index in [1.807, 2.05) is 12.1 Å². The Labute approximate surface area is 195 Å². The fourth-order valence-electron chi connectivity index (χ4n) is 2.87. The van der Waals surface area contributed by atoms with Crippen molar-refractivity contribution in [2.24, 2.45) is 0 Å². The Bertz CT molecular complexity index is 1160. The van der Waals surface area contributed by atoms with Crippen LogP contribution in [0.15, 0.2) is 82.2 Å². The summed E-state index contributed by atoms with van der Waals surface area (Å²) in [5.41, 5.74) is 1.19. The number of halogens is 2. The number of carbonyl (C=O) groups is 1. The number of hydrogen-bond donors (Lipinski definition) is 1. The predicted octanol–water partition coefficient (Wildman–Crippen LogP) is 4.94. The van der Waals surface area contributed by atoms with Gasteiger partial charge in [0.1, 0.15) is 5.75 Å². The molecule has 0 fully saturated rings. The topological polar surface area (TPSA) is 75.7 Å². The van der Waals surface area contributed by atoms with Crippen LogP contribution in [0.4, 0.5) is 5.69 Å². The quantitative estimate of drug-likeness (QED) is 0.454. The van der Waals surface area contributed by atoms with E-state index < -0.39 is 15.9 Å². The average molecular weight is 524 g/mol. The summed E-state index contributed by atoms with van der Waals surface area (Å²) >= 11 is 9.47. The first-order chi connectivity index (χ1) is 14.8. The zero-order valence-electron chi connectivity index (χ0n) is 16.6. The minimum absolute atomic E-state index is 0.0430. The van der Waals surface area contributed by atoms with Crippen LogP contribution in [0, 0.1) is 0 Å². The van der Waals surface area contributed by atoms with Crippen molar-refractivity contribution in [2.45, 2.75) is 11.4 Å². The molecule has 0 spiro atoms. The molecular weight excluding hydrogens is 504 g/mol. The molecule has 0 aromatic heterocycles. The summed E-state index contributed by atoms with van der Waals surface area (Å²) in [5, 5.41) is 3.03. The third-order valence-electron chi connectivity index (χ3n) is 4.41. The van der Waals surface area contributed by atoms with Crippen molar-refractivity contribution < 1.29 is 17.9 Å². The van der Waals surface area contributed by atoms with Gasteiger partial charge < -0.3 is 10.1 Å². The van der Waals surface area contributed by atoms with Gasteiger partial charge in [-0.1, -0.05) is 57.9 Å². The first kappa shape index (κ1) is 23.3. The summed E-state index contributed by atoms with van der Waals surface area (Å²) in [6, 6.07) is 20.1. The van der Waals surface area contributed by atoms with Crippen molar-refractivity contribution in [2.75, 3.05) is 19.0 Å². The van der Waals surface area contributed by atoms with Crippen molar-refractivity contribution >= 4 is 49.1 Å². The van der Waals surface area contributed by atoms with Gasteiger partial charge in [-0.25, -0.2) is 8.42 Å². The number of methoxy groups -OCH3 is 1. The van der Waals surface area contributed by atoms with Gasteiger partial charge in [-0.05, 0) is 48.0 Å². The summed E-state index contributed by atoms with van der Waals surface area (Å²) in [4.78, 5) is 12.8. The Balaban J connectivity index is 1.84. The van der Waals surface area contributed by atoms with E-state index in [4.69, 9.17) is 16.3 Å². The Hall–Kier alpha value is -2.39. The number of hydrogen-bond acceptors (Lipinski definition) is 4. The smallest absolute Gasteiger partial charge is 0.243 e. The molecule has 162 valence electrons. The van der Waals surface area contributed by atoms with E-state index in [2.05, 4.69) is 21.2 Å². The fraction of sp³-hybridized carbons (Fsp3) is 0.136. The van der Waals surface area contributed by atoms with Gasteiger partial charge >= 0.3 is 0 Å². The number of nitrogens with one attached hydrogen (secondary N) is 1. The van der Waals surface area contributed by atoms with Crippen LogP contribution in [-0.4, -0.2) is 32.3 Å². The number of sulfonamides is 1. The number of rotatable bonds is 8. The van der Waals surface area contributed by atoms with Gasteiger partial charge in [0.2, 0.25) is 15.9 Å². The second-order valence-electron chi connectivity index (χ2n) is 6.61. The van der Waals surface area contributed by atoms with Crippen molar-refractivity contribution in [3.05, 3.63) is 87.9 Å². The highest BCUT2D eigenvalue weighted by Gasteiger charge is 2.27. The minimum Gasteiger partial charge on any atom is -0.495 e. The lowest BCUT2D eigenvalue weighted by molar-refractivity contribution is -0.116. The molecule has 0 bridgehead atoms. The Morgan fingerprint density at radius 1 is 1.06 bits per heavy atom. The zero-order valence-corrected chi connectivity index (χ0v) is 19.7. The Morgan fingerprint density at radius 3 is 2.35 bits per heavy atom. The highest BCUT2D eigenvalue weighted by atomic mass is 79.9. The molecular formula is C22H20BrClN2O4S. The number of benzene rings is 3. The van der Waals surface area contributed by atoms with Gasteiger partial charge in [-0.15, -0.1) is 0 Å². The van der Waals surface area contributed by atoms with Crippen LogP contribution >= 0.6 is 27.5 Å². The first-order valence-electron chi connectivity index (χ1n) is 9.22. The molecule has 3 aromatic rings. The minimum atomic E-state index is -3.90. The van der Waals surface area contributed by atoms with E-state index in [9.17, 15) is 13.2 Å². The van der Waals surface area contributed by atoms with Crippen molar-refractivity contribution in [1.82, 2.24) is 4.31 Å². The van der Waals surface area contributed by atoms with E-state index >= 15 is 0 Å². The van der Waals surface area contributed by atoms with Crippen LogP contribution in [0.5, 0.6) is 5.75 Å². The summed E-state index contributed by atoms with van der Waals surface area (Å²) in [5.74, 6) is -0.0129. The van der Waals surface area contributed by atoms with Crippen molar-refractivity contribution in [3.8, 4) is 5.75 Å². The lowest BCUT2D eigenvalue weighted by Crippen LogP contribution is -2.37. The van der Waals surface area contributed by atoms with Crippen LogP contribution in [0.2, 0.25) is 5.02 Å². The molecule has 0 saturated heterocycles. The Morgan fingerprint density at radius 2 is 1.74 bits per heavy atom. The van der Waals surface area contributed by atoms with E-state index in [0.29, 0.717) is 16.5 Å². The number of carbonyl (C=O) groups excluding carboxylic acids is 1. The van der Waals surface area contributed by atoms with Gasteiger partial charge in [0.15, 0.2) is 0 Å². The molecule has 0 saturated carbocycles. The van der Waals surface area contributed by atoms with Crippen LogP contribution in [0.25, 0.3) is 0 Å². The molecule has 0 unspecified atom stereocenters. The fourth-order valence-corrected chi connectivity index (χ4v) is 4.79. The summed E-state index contributed by atoms with van der Waals surface area (Å²) in [6.45, 7) is -0.321. The maximum atomic E-state index is 13.2. The Kier molecular flexibility index (Phi) is 7.72. The number of nitrogens with zero attached hydrogens (tertiary/aromatic N) is 1. The molecule has 31 heavy (non-hydrogen) atoms. The summed E-state index contributed by atoms with van der Waals surface area (Å²) in [6.07, 6.45) is 0. The first-order valence-corrected chi connectivity index (χ1v) is 11.8. The summed E-state index contributed by atoms with van der Waals surface area (Å²) < 4.78 is 33.6. The van der Waals surface area contributed by atoms with Gasteiger partial charge in [0, 0.05) is 16.7 Å². The second kappa shape index (κ2) is 10.3. The van der Waals surface area contributed by atoms with Crippen LogP contribution in [-0.2, 0) is 21.4 Å². The lowest BCUT2D eigenvalue weighted by Gasteiger charge is -2.22. The molecule has 6 nitrogen and oxygen atoms in total.